The summed E-state index contributed by atoms with van der Waals surface area (Å²) in [7, 11) is 0. The number of anilines is 1. The van der Waals surface area contributed by atoms with E-state index in [0.717, 1.165) is 31.6 Å². The second-order valence-corrected chi connectivity index (χ2v) is 6.34. The molecule has 2 N–H and O–H groups in total. The van der Waals surface area contributed by atoms with E-state index >= 15 is 0 Å². The number of hydrogen-bond acceptors (Lipinski definition) is 3. The zero-order chi connectivity index (χ0) is 15.7. The van der Waals surface area contributed by atoms with Crippen LogP contribution in [0.5, 0.6) is 0 Å². The molecular weight excluding hydrogens is 314 g/mol. The maximum absolute atomic E-state index is 12.6. The van der Waals surface area contributed by atoms with E-state index in [-0.39, 0.29) is 30.3 Å². The van der Waals surface area contributed by atoms with Crippen molar-refractivity contribution < 1.29 is 9.59 Å². The van der Waals surface area contributed by atoms with Crippen LogP contribution in [0.1, 0.15) is 36.5 Å². The lowest BCUT2D eigenvalue weighted by atomic mass is 10.1. The first-order chi connectivity index (χ1) is 10.6. The summed E-state index contributed by atoms with van der Waals surface area (Å²) in [5.41, 5.74) is 7.29. The van der Waals surface area contributed by atoms with Crippen LogP contribution in [0.2, 0.25) is 0 Å². The Labute approximate surface area is 143 Å². The van der Waals surface area contributed by atoms with Gasteiger partial charge in [-0.1, -0.05) is 0 Å². The molecule has 23 heavy (non-hydrogen) atoms. The van der Waals surface area contributed by atoms with E-state index in [1.54, 1.807) is 4.90 Å². The third kappa shape index (κ3) is 3.51. The van der Waals surface area contributed by atoms with Crippen LogP contribution in [0, 0.1) is 5.92 Å². The Bertz CT molecular complexity index is 576. The molecule has 2 aliphatic heterocycles. The first kappa shape index (κ1) is 17.8. The van der Waals surface area contributed by atoms with Crippen molar-refractivity contribution in [2.24, 2.45) is 11.7 Å². The van der Waals surface area contributed by atoms with Gasteiger partial charge < -0.3 is 15.5 Å². The summed E-state index contributed by atoms with van der Waals surface area (Å²) in [6, 6.07) is 7.63. The van der Waals surface area contributed by atoms with Crippen LogP contribution in [0.15, 0.2) is 24.3 Å². The van der Waals surface area contributed by atoms with E-state index in [1.165, 1.54) is 0 Å². The van der Waals surface area contributed by atoms with Crippen molar-refractivity contribution in [2.45, 2.75) is 32.2 Å². The number of carbonyl (C=O) groups excluding carboxylic acids is 2. The van der Waals surface area contributed by atoms with Gasteiger partial charge in [0.1, 0.15) is 0 Å². The molecule has 126 valence electrons. The van der Waals surface area contributed by atoms with Crippen molar-refractivity contribution >= 4 is 29.9 Å². The average Bonchev–Trinajstić information content (AvgIpc) is 3.12. The summed E-state index contributed by atoms with van der Waals surface area (Å²) >= 11 is 0. The second kappa shape index (κ2) is 7.32. The molecule has 3 rings (SSSR count). The third-order valence-electron chi connectivity index (χ3n) is 4.75. The van der Waals surface area contributed by atoms with Crippen LogP contribution in [0.4, 0.5) is 5.69 Å². The fourth-order valence-electron chi connectivity index (χ4n) is 3.47. The molecule has 1 aromatic carbocycles. The number of halogens is 1. The first-order valence-electron chi connectivity index (χ1n) is 8.01. The number of likely N-dealkylation sites (tertiary alicyclic amines) is 1. The summed E-state index contributed by atoms with van der Waals surface area (Å²) in [6.07, 6.45) is 2.50. The van der Waals surface area contributed by atoms with Gasteiger partial charge in [0.25, 0.3) is 5.91 Å². The van der Waals surface area contributed by atoms with Gasteiger partial charge in [0.2, 0.25) is 5.91 Å². The highest BCUT2D eigenvalue weighted by Crippen LogP contribution is 2.26. The molecule has 2 amide bonds. The highest BCUT2D eigenvalue weighted by atomic mass is 35.5. The summed E-state index contributed by atoms with van der Waals surface area (Å²) in [6.45, 7) is 4.21. The number of amides is 2. The van der Waals surface area contributed by atoms with Crippen LogP contribution in [-0.2, 0) is 4.79 Å². The van der Waals surface area contributed by atoms with Crippen molar-refractivity contribution in [2.75, 3.05) is 24.5 Å². The number of nitrogens with zero attached hydrogens (tertiary/aromatic N) is 2. The Balaban J connectivity index is 0.00000192. The molecule has 2 atom stereocenters. The number of nitrogens with two attached hydrogens (primary N) is 1. The van der Waals surface area contributed by atoms with Crippen molar-refractivity contribution in [3.05, 3.63) is 29.8 Å². The number of hydrogen-bond donors (Lipinski definition) is 1. The lowest BCUT2D eigenvalue weighted by Crippen LogP contribution is -2.34. The van der Waals surface area contributed by atoms with Crippen molar-refractivity contribution in [1.82, 2.24) is 4.90 Å². The van der Waals surface area contributed by atoms with Gasteiger partial charge in [0.15, 0.2) is 0 Å². The molecule has 2 saturated heterocycles. The van der Waals surface area contributed by atoms with E-state index in [1.807, 2.05) is 29.2 Å². The SMILES string of the molecule is CC1CC(CN)CN1C(=O)c1ccc(N2CCCC2=O)cc1.Cl. The quantitative estimate of drug-likeness (QED) is 0.917. The van der Waals surface area contributed by atoms with Gasteiger partial charge in [-0.2, -0.15) is 0 Å². The highest BCUT2D eigenvalue weighted by molar-refractivity contribution is 5.97. The molecule has 2 unspecified atom stereocenters. The van der Waals surface area contributed by atoms with Crippen molar-refractivity contribution in [3.8, 4) is 0 Å². The Morgan fingerprint density at radius 1 is 1.30 bits per heavy atom. The molecule has 2 aliphatic rings. The van der Waals surface area contributed by atoms with Gasteiger partial charge in [-0.3, -0.25) is 9.59 Å². The van der Waals surface area contributed by atoms with Gasteiger partial charge in [0, 0.05) is 36.8 Å². The lowest BCUT2D eigenvalue weighted by molar-refractivity contribution is -0.117. The molecule has 0 spiro atoms. The monoisotopic (exact) mass is 337 g/mol. The van der Waals surface area contributed by atoms with E-state index in [9.17, 15) is 9.59 Å². The Morgan fingerprint density at radius 2 is 2.00 bits per heavy atom. The number of benzene rings is 1. The van der Waals surface area contributed by atoms with Gasteiger partial charge in [-0.05, 0) is 56.5 Å². The van der Waals surface area contributed by atoms with E-state index in [4.69, 9.17) is 5.73 Å². The van der Waals surface area contributed by atoms with E-state index in [2.05, 4.69) is 6.92 Å². The largest absolute Gasteiger partial charge is 0.336 e. The molecule has 5 nitrogen and oxygen atoms in total. The van der Waals surface area contributed by atoms with Crippen molar-refractivity contribution in [3.63, 3.8) is 0 Å². The summed E-state index contributed by atoms with van der Waals surface area (Å²) in [5.74, 6) is 0.626. The average molecular weight is 338 g/mol. The molecule has 2 heterocycles. The molecule has 0 aliphatic carbocycles. The predicted octanol–water partition coefficient (Wildman–Crippen LogP) is 2.04. The maximum atomic E-state index is 12.6. The fourth-order valence-corrected chi connectivity index (χ4v) is 3.47. The summed E-state index contributed by atoms with van der Waals surface area (Å²) in [5, 5.41) is 0. The molecular formula is C17H24ClN3O2. The van der Waals surface area contributed by atoms with E-state index < -0.39 is 0 Å². The molecule has 6 heteroatoms. The molecule has 0 saturated carbocycles. The van der Waals surface area contributed by atoms with Crippen LogP contribution < -0.4 is 10.6 Å². The Hall–Kier alpha value is -1.59. The standard InChI is InChI=1S/C17H23N3O2.ClH/c1-12-9-13(10-18)11-20(12)17(22)14-4-6-15(7-5-14)19-8-2-3-16(19)21;/h4-7,12-13H,2-3,8-11,18H2,1H3;1H. The molecule has 0 aromatic heterocycles. The van der Waals surface area contributed by atoms with Crippen LogP contribution >= 0.6 is 12.4 Å². The molecule has 0 radical (unpaired) electrons. The zero-order valence-corrected chi connectivity index (χ0v) is 14.2. The molecule has 2 fully saturated rings. The predicted molar refractivity (Wildman–Crippen MR) is 92.9 cm³/mol. The topological polar surface area (TPSA) is 66.6 Å². The van der Waals surface area contributed by atoms with Crippen LogP contribution in [0.25, 0.3) is 0 Å². The maximum Gasteiger partial charge on any atom is 0.254 e. The third-order valence-corrected chi connectivity index (χ3v) is 4.75. The van der Waals surface area contributed by atoms with Gasteiger partial charge in [0.05, 0.1) is 0 Å². The van der Waals surface area contributed by atoms with Gasteiger partial charge in [-0.15, -0.1) is 12.4 Å². The minimum absolute atomic E-state index is 0. The molecule has 0 bridgehead atoms. The minimum Gasteiger partial charge on any atom is -0.336 e. The lowest BCUT2D eigenvalue weighted by Gasteiger charge is -2.22. The second-order valence-electron chi connectivity index (χ2n) is 6.34. The van der Waals surface area contributed by atoms with Gasteiger partial charge in [-0.25, -0.2) is 0 Å². The zero-order valence-electron chi connectivity index (χ0n) is 13.4. The van der Waals surface area contributed by atoms with Crippen LogP contribution in [0.3, 0.4) is 0 Å². The normalized spacial score (nSPS) is 24.0. The van der Waals surface area contributed by atoms with E-state index in [0.29, 0.717) is 24.4 Å². The first-order valence-corrected chi connectivity index (χ1v) is 8.01. The van der Waals surface area contributed by atoms with Crippen molar-refractivity contribution in [1.29, 1.82) is 0 Å². The number of carbonyl (C=O) groups is 2. The highest BCUT2D eigenvalue weighted by Gasteiger charge is 2.32. The summed E-state index contributed by atoms with van der Waals surface area (Å²) < 4.78 is 0. The van der Waals surface area contributed by atoms with Crippen LogP contribution in [-0.4, -0.2) is 42.4 Å². The number of rotatable bonds is 3. The molecule has 1 aromatic rings. The Morgan fingerprint density at radius 3 is 2.52 bits per heavy atom. The Kier molecular flexibility index (Phi) is 5.65. The fraction of sp³-hybridized carbons (Fsp3) is 0.529. The summed E-state index contributed by atoms with van der Waals surface area (Å²) in [4.78, 5) is 28.1. The minimum atomic E-state index is 0. The van der Waals surface area contributed by atoms with Gasteiger partial charge >= 0.3 is 0 Å². The smallest absolute Gasteiger partial charge is 0.254 e.